The number of nitrogens with one attached hydrogen (secondary N) is 2. The minimum atomic E-state index is -0.395. The number of rotatable bonds is 6. The van der Waals surface area contributed by atoms with Crippen LogP contribution < -0.4 is 15.4 Å². The first kappa shape index (κ1) is 14.9. The van der Waals surface area contributed by atoms with Crippen molar-refractivity contribution in [2.24, 2.45) is 0 Å². The van der Waals surface area contributed by atoms with Crippen LogP contribution in [-0.4, -0.2) is 26.1 Å². The Morgan fingerprint density at radius 3 is 2.95 bits per heavy atom. The fourth-order valence-corrected chi connectivity index (χ4v) is 1.48. The zero-order valence-electron chi connectivity index (χ0n) is 10.9. The highest BCUT2D eigenvalue weighted by atomic mass is 19.1. The average molecular weight is 265 g/mol. The molecule has 0 aliphatic heterocycles. The minimum Gasteiger partial charge on any atom is -0.483 e. The van der Waals surface area contributed by atoms with Crippen LogP contribution in [0.3, 0.4) is 0 Å². The van der Waals surface area contributed by atoms with Gasteiger partial charge in [-0.15, -0.1) is 0 Å². The number of amides is 1. The number of hydrogen-bond acceptors (Lipinski definition) is 4. The number of benzene rings is 1. The lowest BCUT2D eigenvalue weighted by molar-refractivity contribution is -0.122. The Morgan fingerprint density at radius 1 is 1.58 bits per heavy atom. The maximum absolute atomic E-state index is 13.2. The number of carbonyl (C=O) groups excluding carboxylic acids is 1. The van der Waals surface area contributed by atoms with Gasteiger partial charge in [0, 0.05) is 11.6 Å². The highest BCUT2D eigenvalue weighted by Crippen LogP contribution is 2.25. The Morgan fingerprint density at radius 2 is 2.32 bits per heavy atom. The van der Waals surface area contributed by atoms with Gasteiger partial charge in [-0.05, 0) is 32.2 Å². The number of nitrogens with zero attached hydrogens (tertiary/aromatic N) is 1. The van der Waals surface area contributed by atoms with E-state index in [0.29, 0.717) is 11.3 Å². The van der Waals surface area contributed by atoms with Crippen LogP contribution in [0.15, 0.2) is 18.2 Å². The standard InChI is InChI=1S/C13H16FN3O2/c1-9(16-2)11-7-10(14)3-4-12(11)19-8-13(18)17-6-5-15/h3-4,7,9,16H,6,8H2,1-2H3,(H,17,18). The zero-order chi connectivity index (χ0) is 14.3. The molecule has 1 aromatic rings. The van der Waals surface area contributed by atoms with Crippen molar-refractivity contribution in [2.75, 3.05) is 20.2 Å². The van der Waals surface area contributed by atoms with Gasteiger partial charge >= 0.3 is 0 Å². The third-order valence-corrected chi connectivity index (χ3v) is 2.59. The van der Waals surface area contributed by atoms with E-state index in [1.165, 1.54) is 18.2 Å². The van der Waals surface area contributed by atoms with Gasteiger partial charge in [0.25, 0.3) is 5.91 Å². The Bertz CT molecular complexity index is 485. The van der Waals surface area contributed by atoms with Gasteiger partial charge in [-0.2, -0.15) is 5.26 Å². The van der Waals surface area contributed by atoms with E-state index in [1.807, 2.05) is 6.92 Å². The lowest BCUT2D eigenvalue weighted by Crippen LogP contribution is -2.29. The number of halogens is 1. The summed E-state index contributed by atoms with van der Waals surface area (Å²) in [6.45, 7) is 1.58. The summed E-state index contributed by atoms with van der Waals surface area (Å²) >= 11 is 0. The van der Waals surface area contributed by atoms with Crippen LogP contribution in [0.2, 0.25) is 0 Å². The maximum atomic E-state index is 13.2. The number of ether oxygens (including phenoxy) is 1. The molecule has 0 saturated carbocycles. The highest BCUT2D eigenvalue weighted by Gasteiger charge is 2.12. The molecule has 102 valence electrons. The number of carbonyl (C=O) groups is 1. The van der Waals surface area contributed by atoms with Crippen molar-refractivity contribution in [2.45, 2.75) is 13.0 Å². The first-order valence-electron chi connectivity index (χ1n) is 5.81. The van der Waals surface area contributed by atoms with E-state index in [4.69, 9.17) is 10.00 Å². The fraction of sp³-hybridized carbons (Fsp3) is 0.385. The monoisotopic (exact) mass is 265 g/mol. The summed E-state index contributed by atoms with van der Waals surface area (Å²) in [4.78, 5) is 11.3. The van der Waals surface area contributed by atoms with E-state index in [-0.39, 0.29) is 25.0 Å². The summed E-state index contributed by atoms with van der Waals surface area (Å²) in [6.07, 6.45) is 0. The zero-order valence-corrected chi connectivity index (χ0v) is 10.9. The molecule has 2 N–H and O–H groups in total. The van der Waals surface area contributed by atoms with Gasteiger partial charge in [-0.3, -0.25) is 4.79 Å². The van der Waals surface area contributed by atoms with E-state index < -0.39 is 5.91 Å². The van der Waals surface area contributed by atoms with E-state index in [9.17, 15) is 9.18 Å². The predicted molar refractivity (Wildman–Crippen MR) is 68.0 cm³/mol. The molecule has 1 amide bonds. The molecule has 0 spiro atoms. The normalized spacial score (nSPS) is 11.5. The van der Waals surface area contributed by atoms with E-state index >= 15 is 0 Å². The second kappa shape index (κ2) is 7.34. The lowest BCUT2D eigenvalue weighted by Gasteiger charge is -2.16. The Labute approximate surface area is 111 Å². The van der Waals surface area contributed by atoms with Crippen LogP contribution in [-0.2, 0) is 4.79 Å². The summed E-state index contributed by atoms with van der Waals surface area (Å²) in [5.74, 6) is -0.317. The van der Waals surface area contributed by atoms with Crippen molar-refractivity contribution < 1.29 is 13.9 Å². The molecule has 6 heteroatoms. The Hall–Kier alpha value is -2.13. The van der Waals surface area contributed by atoms with Gasteiger partial charge in [-0.1, -0.05) is 0 Å². The molecule has 1 unspecified atom stereocenters. The van der Waals surface area contributed by atoms with Crippen molar-refractivity contribution in [1.29, 1.82) is 5.26 Å². The molecule has 1 atom stereocenters. The number of nitriles is 1. The lowest BCUT2D eigenvalue weighted by atomic mass is 10.1. The van der Waals surface area contributed by atoms with Gasteiger partial charge in [0.1, 0.15) is 18.1 Å². The Balaban J connectivity index is 2.72. The van der Waals surface area contributed by atoms with Crippen molar-refractivity contribution in [3.05, 3.63) is 29.6 Å². The van der Waals surface area contributed by atoms with Crippen LogP contribution in [0, 0.1) is 17.1 Å². The topological polar surface area (TPSA) is 74.2 Å². The molecule has 0 aromatic heterocycles. The SMILES string of the molecule is CNC(C)c1cc(F)ccc1OCC(=O)NCC#N. The molecule has 0 aliphatic rings. The summed E-state index contributed by atoms with van der Waals surface area (Å²) < 4.78 is 18.6. The molecule has 0 heterocycles. The average Bonchev–Trinajstić information content (AvgIpc) is 2.42. The van der Waals surface area contributed by atoms with Crippen molar-refractivity contribution in [3.8, 4) is 11.8 Å². The summed E-state index contributed by atoms with van der Waals surface area (Å²) in [5.41, 5.74) is 0.635. The molecule has 0 bridgehead atoms. The molecule has 5 nitrogen and oxygen atoms in total. The first-order valence-corrected chi connectivity index (χ1v) is 5.81. The van der Waals surface area contributed by atoms with E-state index in [0.717, 1.165) is 0 Å². The second-order valence-electron chi connectivity index (χ2n) is 3.92. The van der Waals surface area contributed by atoms with Crippen molar-refractivity contribution in [1.82, 2.24) is 10.6 Å². The van der Waals surface area contributed by atoms with Gasteiger partial charge in [-0.25, -0.2) is 4.39 Å². The van der Waals surface area contributed by atoms with Gasteiger partial charge in [0.05, 0.1) is 6.07 Å². The minimum absolute atomic E-state index is 0.0641. The molecule has 0 radical (unpaired) electrons. The summed E-state index contributed by atoms with van der Waals surface area (Å²) in [6, 6.07) is 5.81. The van der Waals surface area contributed by atoms with Crippen LogP contribution in [0.25, 0.3) is 0 Å². The van der Waals surface area contributed by atoms with Crippen LogP contribution in [0.1, 0.15) is 18.5 Å². The molecule has 0 fully saturated rings. The molecular formula is C13H16FN3O2. The highest BCUT2D eigenvalue weighted by molar-refractivity contribution is 5.77. The summed E-state index contributed by atoms with van der Waals surface area (Å²) in [5, 5.41) is 13.7. The molecule has 1 rings (SSSR count). The molecule has 0 saturated heterocycles. The van der Waals surface area contributed by atoms with Crippen LogP contribution >= 0.6 is 0 Å². The van der Waals surface area contributed by atoms with Crippen LogP contribution in [0.4, 0.5) is 4.39 Å². The largest absolute Gasteiger partial charge is 0.483 e. The van der Waals surface area contributed by atoms with Gasteiger partial charge in [0.2, 0.25) is 0 Å². The van der Waals surface area contributed by atoms with Crippen LogP contribution in [0.5, 0.6) is 5.75 Å². The fourth-order valence-electron chi connectivity index (χ4n) is 1.48. The quantitative estimate of drug-likeness (QED) is 0.756. The molecule has 0 aliphatic carbocycles. The Kier molecular flexibility index (Phi) is 5.76. The van der Waals surface area contributed by atoms with E-state index in [2.05, 4.69) is 10.6 Å². The third kappa shape index (κ3) is 4.56. The smallest absolute Gasteiger partial charge is 0.258 e. The van der Waals surface area contributed by atoms with E-state index in [1.54, 1.807) is 13.1 Å². The van der Waals surface area contributed by atoms with Crippen molar-refractivity contribution in [3.63, 3.8) is 0 Å². The second-order valence-corrected chi connectivity index (χ2v) is 3.92. The molecular weight excluding hydrogens is 249 g/mol. The van der Waals surface area contributed by atoms with Gasteiger partial charge < -0.3 is 15.4 Å². The number of hydrogen-bond donors (Lipinski definition) is 2. The maximum Gasteiger partial charge on any atom is 0.258 e. The van der Waals surface area contributed by atoms with Gasteiger partial charge in [0.15, 0.2) is 6.61 Å². The third-order valence-electron chi connectivity index (χ3n) is 2.59. The molecule has 19 heavy (non-hydrogen) atoms. The predicted octanol–water partition coefficient (Wildman–Crippen LogP) is 1.12. The summed E-state index contributed by atoms with van der Waals surface area (Å²) in [7, 11) is 1.75. The first-order chi connectivity index (χ1) is 9.08. The van der Waals surface area contributed by atoms with Crippen molar-refractivity contribution >= 4 is 5.91 Å². The molecule has 1 aromatic carbocycles.